The monoisotopic (exact) mass is 332 g/mol. The van der Waals surface area contributed by atoms with Gasteiger partial charge in [0.25, 0.3) is 0 Å². The Labute approximate surface area is 142 Å². The molecule has 1 saturated carbocycles. The van der Waals surface area contributed by atoms with Crippen LogP contribution >= 0.6 is 12.4 Å². The van der Waals surface area contributed by atoms with Gasteiger partial charge in [0, 0.05) is 29.6 Å². The van der Waals surface area contributed by atoms with E-state index in [1.807, 2.05) is 24.3 Å². The predicted molar refractivity (Wildman–Crippen MR) is 93.2 cm³/mol. The molecule has 0 saturated heterocycles. The molecule has 1 fully saturated rings. The first-order valence-corrected chi connectivity index (χ1v) is 7.64. The van der Waals surface area contributed by atoms with E-state index in [9.17, 15) is 4.79 Å². The van der Waals surface area contributed by atoms with Gasteiger partial charge in [-0.3, -0.25) is 4.79 Å². The van der Waals surface area contributed by atoms with Crippen LogP contribution in [0.15, 0.2) is 43.0 Å². The third kappa shape index (κ3) is 4.06. The number of anilines is 1. The smallest absolute Gasteiger partial charge is 0.227 e. The Morgan fingerprint density at radius 2 is 1.83 bits per heavy atom. The summed E-state index contributed by atoms with van der Waals surface area (Å²) in [5, 5.41) is 3.00. The van der Waals surface area contributed by atoms with Gasteiger partial charge >= 0.3 is 0 Å². The molecule has 0 unspecified atom stereocenters. The molecule has 0 spiro atoms. The fourth-order valence-corrected chi connectivity index (χ4v) is 3.09. The van der Waals surface area contributed by atoms with Crippen LogP contribution in [-0.2, 0) is 4.79 Å². The van der Waals surface area contributed by atoms with E-state index in [2.05, 4.69) is 15.3 Å². The zero-order valence-corrected chi connectivity index (χ0v) is 13.6. The number of rotatable bonds is 4. The summed E-state index contributed by atoms with van der Waals surface area (Å²) in [7, 11) is 0. The number of benzene rings is 1. The van der Waals surface area contributed by atoms with Crippen molar-refractivity contribution in [2.75, 3.05) is 11.9 Å². The predicted octanol–water partition coefficient (Wildman–Crippen LogP) is 2.88. The second-order valence-electron chi connectivity index (χ2n) is 5.73. The highest BCUT2D eigenvalue weighted by atomic mass is 35.5. The molecule has 0 bridgehead atoms. The maximum atomic E-state index is 12.4. The summed E-state index contributed by atoms with van der Waals surface area (Å²) in [4.78, 5) is 20.4. The van der Waals surface area contributed by atoms with Gasteiger partial charge in [-0.25, -0.2) is 9.97 Å². The normalized spacial score (nSPS) is 19.9. The highest BCUT2D eigenvalue weighted by Gasteiger charge is 2.31. The van der Waals surface area contributed by atoms with Gasteiger partial charge in [-0.05, 0) is 43.0 Å². The minimum absolute atomic E-state index is 0. The summed E-state index contributed by atoms with van der Waals surface area (Å²) in [6.45, 7) is 0.588. The molecule has 2 aromatic rings. The summed E-state index contributed by atoms with van der Waals surface area (Å²) < 4.78 is 0. The van der Waals surface area contributed by atoms with E-state index in [0.717, 1.165) is 36.1 Å². The van der Waals surface area contributed by atoms with E-state index in [4.69, 9.17) is 5.73 Å². The summed E-state index contributed by atoms with van der Waals surface area (Å²) in [6.07, 6.45) is 8.13. The molecular weight excluding hydrogens is 312 g/mol. The highest BCUT2D eigenvalue weighted by molar-refractivity contribution is 5.93. The minimum atomic E-state index is 0. The second-order valence-corrected chi connectivity index (χ2v) is 5.73. The van der Waals surface area contributed by atoms with Gasteiger partial charge < -0.3 is 11.1 Å². The molecule has 1 aromatic heterocycles. The van der Waals surface area contributed by atoms with Crippen LogP contribution in [0.2, 0.25) is 0 Å². The molecule has 122 valence electrons. The molecule has 1 aliphatic carbocycles. The Morgan fingerprint density at radius 3 is 2.48 bits per heavy atom. The molecule has 3 rings (SSSR count). The lowest BCUT2D eigenvalue weighted by atomic mass is 9.95. The van der Waals surface area contributed by atoms with Gasteiger partial charge in [0.1, 0.15) is 6.33 Å². The maximum Gasteiger partial charge on any atom is 0.227 e. The topological polar surface area (TPSA) is 80.9 Å². The number of halogens is 1. The van der Waals surface area contributed by atoms with Crippen LogP contribution < -0.4 is 11.1 Å². The molecule has 3 N–H and O–H groups in total. The Kier molecular flexibility index (Phi) is 6.07. The van der Waals surface area contributed by atoms with Crippen molar-refractivity contribution >= 4 is 24.0 Å². The van der Waals surface area contributed by atoms with E-state index >= 15 is 0 Å². The summed E-state index contributed by atoms with van der Waals surface area (Å²) >= 11 is 0. The van der Waals surface area contributed by atoms with E-state index < -0.39 is 0 Å². The Bertz CT molecular complexity index is 633. The van der Waals surface area contributed by atoms with Crippen LogP contribution in [0.4, 0.5) is 5.69 Å². The number of nitrogens with two attached hydrogens (primary N) is 1. The fourth-order valence-electron chi connectivity index (χ4n) is 3.09. The van der Waals surface area contributed by atoms with Crippen molar-refractivity contribution in [1.82, 2.24) is 9.97 Å². The Morgan fingerprint density at radius 1 is 1.13 bits per heavy atom. The summed E-state index contributed by atoms with van der Waals surface area (Å²) in [5.74, 6) is 0.455. The average Bonchev–Trinajstić information content (AvgIpc) is 3.05. The molecule has 0 radical (unpaired) electrons. The van der Waals surface area contributed by atoms with Crippen molar-refractivity contribution in [3.8, 4) is 11.1 Å². The SMILES string of the molecule is Cl.NC[C@H]1CCC[C@H]1C(=O)Nc1ccc(-c2cncnc2)cc1. The zero-order chi connectivity index (χ0) is 15.4. The standard InChI is InChI=1S/C17H20N4O.ClH/c18-8-13-2-1-3-16(13)17(22)21-15-6-4-12(5-7-15)14-9-19-11-20-10-14;/h4-7,9-11,13,16H,1-3,8,18H2,(H,21,22);1H/t13-,16-;/m1./s1. The van der Waals surface area contributed by atoms with E-state index in [-0.39, 0.29) is 24.2 Å². The number of nitrogens with zero attached hydrogens (tertiary/aromatic N) is 2. The van der Waals surface area contributed by atoms with Crippen molar-refractivity contribution < 1.29 is 4.79 Å². The van der Waals surface area contributed by atoms with Crippen LogP contribution in [0.5, 0.6) is 0 Å². The molecule has 1 amide bonds. The maximum absolute atomic E-state index is 12.4. The zero-order valence-electron chi connectivity index (χ0n) is 12.8. The lowest BCUT2D eigenvalue weighted by molar-refractivity contribution is -0.120. The largest absolute Gasteiger partial charge is 0.330 e. The quantitative estimate of drug-likeness (QED) is 0.902. The van der Waals surface area contributed by atoms with Gasteiger partial charge in [-0.15, -0.1) is 12.4 Å². The third-order valence-electron chi connectivity index (χ3n) is 4.34. The van der Waals surface area contributed by atoms with Crippen molar-refractivity contribution in [3.63, 3.8) is 0 Å². The first-order chi connectivity index (χ1) is 10.8. The second kappa shape index (κ2) is 8.04. The molecule has 0 aliphatic heterocycles. The molecule has 6 heteroatoms. The van der Waals surface area contributed by atoms with Crippen molar-refractivity contribution in [1.29, 1.82) is 0 Å². The van der Waals surface area contributed by atoms with Crippen molar-refractivity contribution in [3.05, 3.63) is 43.0 Å². The first kappa shape index (κ1) is 17.4. The number of carbonyl (C=O) groups is 1. The third-order valence-corrected chi connectivity index (χ3v) is 4.34. The lowest BCUT2D eigenvalue weighted by Gasteiger charge is -2.17. The van der Waals surface area contributed by atoms with E-state index in [1.54, 1.807) is 12.4 Å². The number of amides is 1. The van der Waals surface area contributed by atoms with Gasteiger partial charge in [0.05, 0.1) is 0 Å². The molecule has 1 aromatic carbocycles. The molecule has 23 heavy (non-hydrogen) atoms. The molecule has 1 aliphatic rings. The Hall–Kier alpha value is -1.98. The molecule has 1 heterocycles. The van der Waals surface area contributed by atoms with Crippen molar-refractivity contribution in [2.24, 2.45) is 17.6 Å². The first-order valence-electron chi connectivity index (χ1n) is 7.64. The van der Waals surface area contributed by atoms with Gasteiger partial charge in [0.2, 0.25) is 5.91 Å². The van der Waals surface area contributed by atoms with Gasteiger partial charge in [-0.2, -0.15) is 0 Å². The van der Waals surface area contributed by atoms with Crippen LogP contribution in [0.1, 0.15) is 19.3 Å². The molecular formula is C17H21ClN4O. The molecule has 5 nitrogen and oxygen atoms in total. The summed E-state index contributed by atoms with van der Waals surface area (Å²) in [5.41, 5.74) is 8.55. The summed E-state index contributed by atoms with van der Waals surface area (Å²) in [6, 6.07) is 7.74. The average molecular weight is 333 g/mol. The van der Waals surface area contributed by atoms with Crippen LogP contribution in [-0.4, -0.2) is 22.4 Å². The number of hydrogen-bond acceptors (Lipinski definition) is 4. The van der Waals surface area contributed by atoms with E-state index in [0.29, 0.717) is 12.5 Å². The van der Waals surface area contributed by atoms with E-state index in [1.165, 1.54) is 6.33 Å². The van der Waals surface area contributed by atoms with Gasteiger partial charge in [-0.1, -0.05) is 18.6 Å². The minimum Gasteiger partial charge on any atom is -0.330 e. The van der Waals surface area contributed by atoms with Gasteiger partial charge in [0.15, 0.2) is 0 Å². The number of carbonyl (C=O) groups excluding carboxylic acids is 1. The van der Waals surface area contributed by atoms with Crippen LogP contribution in [0.25, 0.3) is 11.1 Å². The number of aromatic nitrogens is 2. The number of nitrogens with one attached hydrogen (secondary N) is 1. The Balaban J connectivity index is 0.00000192. The molecule has 2 atom stereocenters. The number of hydrogen-bond donors (Lipinski definition) is 2. The fraction of sp³-hybridized carbons (Fsp3) is 0.353. The van der Waals surface area contributed by atoms with Crippen LogP contribution in [0, 0.1) is 11.8 Å². The van der Waals surface area contributed by atoms with Crippen molar-refractivity contribution in [2.45, 2.75) is 19.3 Å². The lowest BCUT2D eigenvalue weighted by Crippen LogP contribution is -2.29. The highest BCUT2D eigenvalue weighted by Crippen LogP contribution is 2.32. The van der Waals surface area contributed by atoms with Crippen LogP contribution in [0.3, 0.4) is 0 Å².